The zero-order chi connectivity index (χ0) is 9.78. The lowest BCUT2D eigenvalue weighted by Crippen LogP contribution is -1.99. The molecule has 0 radical (unpaired) electrons. The smallest absolute Gasteiger partial charge is 0.0402 e. The van der Waals surface area contributed by atoms with Crippen LogP contribution in [0.3, 0.4) is 0 Å². The van der Waals surface area contributed by atoms with Gasteiger partial charge < -0.3 is 5.73 Å². The summed E-state index contributed by atoms with van der Waals surface area (Å²) in [4.78, 5) is 0. The topological polar surface area (TPSA) is 26.0 Å². The Morgan fingerprint density at radius 2 is 2.38 bits per heavy atom. The Hall–Kier alpha value is 0.660. The first-order chi connectivity index (χ1) is 5.39. The molecular formula is C5H13NS2. The summed E-state index contributed by atoms with van der Waals surface area (Å²) in [6, 6.07) is 0. The molecule has 0 aromatic carbocycles. The van der Waals surface area contributed by atoms with Crippen LogP contribution in [0.25, 0.3) is 0 Å². The first kappa shape index (κ1) is 3.74. The summed E-state index contributed by atoms with van der Waals surface area (Å²) >= 11 is 0. The van der Waals surface area contributed by atoms with Gasteiger partial charge in [-0.1, -0.05) is 28.5 Å². The van der Waals surface area contributed by atoms with Gasteiger partial charge in [-0.05, 0) is 6.40 Å². The average molecular weight is 155 g/mol. The molecule has 0 saturated carbocycles. The maximum Gasteiger partial charge on any atom is 0.0402 e. The summed E-state index contributed by atoms with van der Waals surface area (Å²) in [6.07, 6.45) is -0.504. The van der Waals surface area contributed by atoms with E-state index in [1.807, 2.05) is 0 Å². The van der Waals surface area contributed by atoms with Crippen molar-refractivity contribution in [2.75, 3.05) is 18.0 Å². The molecule has 0 aliphatic heterocycles. The molecule has 0 aliphatic carbocycles. The SMILES string of the molecule is [2H]C(C)C([2H])SSC([2H])([2H])CN. The van der Waals surface area contributed by atoms with Gasteiger partial charge in [-0.3, -0.25) is 0 Å². The number of hydrogen-bond donors (Lipinski definition) is 1. The number of nitrogens with two attached hydrogens (primary N) is 1. The van der Waals surface area contributed by atoms with Gasteiger partial charge in [0.2, 0.25) is 0 Å². The number of rotatable bonds is 5. The van der Waals surface area contributed by atoms with E-state index in [1.165, 1.54) is 0 Å². The fraction of sp³-hybridized carbons (Fsp3) is 1.00. The maximum absolute atomic E-state index is 7.33. The van der Waals surface area contributed by atoms with Crippen molar-refractivity contribution in [3.63, 3.8) is 0 Å². The quantitative estimate of drug-likeness (QED) is 0.612. The van der Waals surface area contributed by atoms with E-state index in [9.17, 15) is 0 Å². The molecule has 3 heteroatoms. The predicted octanol–water partition coefficient (Wildman–Crippen LogP) is 1.74. The molecule has 0 aromatic heterocycles. The van der Waals surface area contributed by atoms with Crippen molar-refractivity contribution in [3.8, 4) is 0 Å². The first-order valence-corrected chi connectivity index (χ1v) is 4.49. The fourth-order valence-electron chi connectivity index (χ4n) is 0.151. The van der Waals surface area contributed by atoms with Crippen LogP contribution in [0.1, 0.15) is 18.8 Å². The van der Waals surface area contributed by atoms with Gasteiger partial charge in [0.1, 0.15) is 0 Å². The lowest BCUT2D eigenvalue weighted by molar-refractivity contribution is 1.11. The van der Waals surface area contributed by atoms with Crippen LogP contribution in [0.15, 0.2) is 0 Å². The minimum absolute atomic E-state index is 0.0657. The molecular weight excluding hydrogens is 138 g/mol. The molecule has 0 spiro atoms. The highest BCUT2D eigenvalue weighted by Gasteiger charge is 1.83. The van der Waals surface area contributed by atoms with Crippen molar-refractivity contribution in [1.29, 1.82) is 0 Å². The van der Waals surface area contributed by atoms with Crippen LogP contribution in [0, 0.1) is 0 Å². The van der Waals surface area contributed by atoms with E-state index in [0.717, 1.165) is 21.6 Å². The summed E-state index contributed by atoms with van der Waals surface area (Å²) in [6.45, 7) is 1.55. The van der Waals surface area contributed by atoms with E-state index in [1.54, 1.807) is 6.92 Å². The Labute approximate surface area is 64.8 Å². The van der Waals surface area contributed by atoms with Crippen LogP contribution < -0.4 is 5.73 Å². The third-order valence-corrected chi connectivity index (χ3v) is 2.12. The molecule has 0 saturated heterocycles. The van der Waals surface area contributed by atoms with Gasteiger partial charge in [-0.15, -0.1) is 0 Å². The highest BCUT2D eigenvalue weighted by Crippen LogP contribution is 2.20. The van der Waals surface area contributed by atoms with E-state index in [-0.39, 0.29) is 6.54 Å². The van der Waals surface area contributed by atoms with Gasteiger partial charge in [-0.25, -0.2) is 0 Å². The minimum Gasteiger partial charge on any atom is -0.330 e. The van der Waals surface area contributed by atoms with Crippen LogP contribution in [-0.4, -0.2) is 18.0 Å². The van der Waals surface area contributed by atoms with Crippen LogP contribution >= 0.6 is 21.6 Å². The molecule has 0 aliphatic rings. The Bertz CT molecular complexity index is 133. The predicted molar refractivity (Wildman–Crippen MR) is 44.3 cm³/mol. The molecule has 2 atom stereocenters. The van der Waals surface area contributed by atoms with Crippen LogP contribution in [0.5, 0.6) is 0 Å². The summed E-state index contributed by atoms with van der Waals surface area (Å²) in [7, 11) is 1.99. The molecule has 0 heterocycles. The number of hydrogen-bond acceptors (Lipinski definition) is 3. The minimum atomic E-state index is -1.49. The molecule has 0 bridgehead atoms. The van der Waals surface area contributed by atoms with Crippen LogP contribution in [0.4, 0.5) is 0 Å². The molecule has 50 valence electrons. The summed E-state index contributed by atoms with van der Waals surface area (Å²) < 4.78 is 29.0. The molecule has 2 N–H and O–H groups in total. The van der Waals surface area contributed by atoms with E-state index >= 15 is 0 Å². The molecule has 1 nitrogen and oxygen atoms in total. The van der Waals surface area contributed by atoms with Crippen molar-refractivity contribution < 1.29 is 5.48 Å². The van der Waals surface area contributed by atoms with Gasteiger partial charge in [0.05, 0.1) is 0 Å². The highest BCUT2D eigenvalue weighted by atomic mass is 33.1. The molecule has 8 heavy (non-hydrogen) atoms. The fourth-order valence-corrected chi connectivity index (χ4v) is 1.36. The Morgan fingerprint density at radius 1 is 1.62 bits per heavy atom. The molecule has 0 fully saturated rings. The Kier molecular flexibility index (Phi) is 3.58. The van der Waals surface area contributed by atoms with Crippen LogP contribution in [0.2, 0.25) is 0 Å². The van der Waals surface area contributed by atoms with Crippen molar-refractivity contribution in [2.45, 2.75) is 13.3 Å². The highest BCUT2D eigenvalue weighted by molar-refractivity contribution is 8.76. The van der Waals surface area contributed by atoms with E-state index in [4.69, 9.17) is 11.2 Å². The van der Waals surface area contributed by atoms with Gasteiger partial charge in [0, 0.05) is 23.5 Å². The monoisotopic (exact) mass is 155 g/mol. The van der Waals surface area contributed by atoms with Crippen molar-refractivity contribution in [2.24, 2.45) is 5.73 Å². The van der Waals surface area contributed by atoms with E-state index in [2.05, 4.69) is 0 Å². The molecule has 0 rings (SSSR count). The van der Waals surface area contributed by atoms with Crippen molar-refractivity contribution in [3.05, 3.63) is 0 Å². The Balaban J connectivity index is 3.67. The lowest BCUT2D eigenvalue weighted by atomic mass is 10.6. The van der Waals surface area contributed by atoms with Gasteiger partial charge >= 0.3 is 0 Å². The van der Waals surface area contributed by atoms with E-state index in [0.29, 0.717) is 0 Å². The Morgan fingerprint density at radius 3 is 2.88 bits per heavy atom. The normalized spacial score (nSPS) is 26.8. The van der Waals surface area contributed by atoms with Gasteiger partial charge in [0.15, 0.2) is 0 Å². The standard InChI is InChI=1S/C5H13NS2/c1-2-4-7-8-5-3-6/h2-6H2,1H3/i2D,4D,5D2. The molecule has 0 amide bonds. The lowest BCUT2D eigenvalue weighted by Gasteiger charge is -1.93. The van der Waals surface area contributed by atoms with Gasteiger partial charge in [-0.2, -0.15) is 0 Å². The van der Waals surface area contributed by atoms with Crippen molar-refractivity contribution in [1.82, 2.24) is 0 Å². The second-order valence-corrected chi connectivity index (χ2v) is 2.99. The van der Waals surface area contributed by atoms with Gasteiger partial charge in [0.25, 0.3) is 0 Å². The second kappa shape index (κ2) is 7.66. The maximum atomic E-state index is 7.33. The summed E-state index contributed by atoms with van der Waals surface area (Å²) in [5, 5.41) is 0. The largest absolute Gasteiger partial charge is 0.330 e. The average Bonchev–Trinajstić information content (AvgIpc) is 2.00. The summed E-state index contributed by atoms with van der Waals surface area (Å²) in [5.74, 6) is 0. The molecule has 2 unspecified atom stereocenters. The summed E-state index contributed by atoms with van der Waals surface area (Å²) in [5.41, 5.74) is 3.05. The van der Waals surface area contributed by atoms with Crippen LogP contribution in [-0.2, 0) is 0 Å². The second-order valence-electron chi connectivity index (χ2n) is 0.997. The zero-order valence-corrected chi connectivity index (χ0v) is 6.39. The zero-order valence-electron chi connectivity index (χ0n) is 8.76. The van der Waals surface area contributed by atoms with Crippen molar-refractivity contribution >= 4 is 21.6 Å². The third-order valence-electron chi connectivity index (χ3n) is 0.382. The first-order valence-electron chi connectivity index (χ1n) is 4.43. The van der Waals surface area contributed by atoms with E-state index < -0.39 is 17.8 Å². The third kappa shape index (κ3) is 6.66. The molecule has 0 aromatic rings.